The molecule has 1 aliphatic carbocycles. The summed E-state index contributed by atoms with van der Waals surface area (Å²) in [5.74, 6) is 6.09. The van der Waals surface area contributed by atoms with Crippen LogP contribution in [0.3, 0.4) is 0 Å². The summed E-state index contributed by atoms with van der Waals surface area (Å²) in [5.41, 5.74) is 2.70. The third kappa shape index (κ3) is 2.73. The second-order valence-corrected chi connectivity index (χ2v) is 4.73. The highest BCUT2D eigenvalue weighted by Gasteiger charge is 2.46. The van der Waals surface area contributed by atoms with Gasteiger partial charge in [0.15, 0.2) is 0 Å². The fourth-order valence-corrected chi connectivity index (χ4v) is 1.55. The van der Waals surface area contributed by atoms with E-state index in [1.165, 1.54) is 0 Å². The number of nitrogens with one attached hydrogen (secondary N) is 2. The monoisotopic (exact) mass is 238 g/mol. The number of ether oxygens (including phenoxy) is 1. The van der Waals surface area contributed by atoms with Gasteiger partial charge in [0.25, 0.3) is 0 Å². The average molecular weight is 238 g/mol. The molecule has 1 unspecified atom stereocenters. The quantitative estimate of drug-likeness (QED) is 0.514. The van der Waals surface area contributed by atoms with Gasteiger partial charge in [-0.1, -0.05) is 13.8 Å². The Balaban J connectivity index is 2.12. The molecule has 7 nitrogen and oxygen atoms in total. The number of hydrazine groups is 1. The van der Waals surface area contributed by atoms with E-state index in [0.29, 0.717) is 30.0 Å². The van der Waals surface area contributed by atoms with Crippen molar-refractivity contribution < 1.29 is 4.74 Å². The summed E-state index contributed by atoms with van der Waals surface area (Å²) in [7, 11) is 0. The average Bonchev–Trinajstić information content (AvgIpc) is 2.86. The molecule has 0 spiro atoms. The molecule has 17 heavy (non-hydrogen) atoms. The molecule has 7 heteroatoms. The molecule has 0 bridgehead atoms. The molecule has 0 aromatic carbocycles. The number of hydrogen-bond donors (Lipinski definition) is 3. The summed E-state index contributed by atoms with van der Waals surface area (Å²) in [5, 5.41) is 3.24. The summed E-state index contributed by atoms with van der Waals surface area (Å²) >= 11 is 0. The first kappa shape index (κ1) is 11.8. The molecule has 2 rings (SSSR count). The van der Waals surface area contributed by atoms with Crippen LogP contribution in [0.25, 0.3) is 0 Å². The van der Waals surface area contributed by atoms with Crippen LogP contribution in [0.4, 0.5) is 11.9 Å². The Hall–Kier alpha value is -1.63. The van der Waals surface area contributed by atoms with Crippen LogP contribution < -0.4 is 21.3 Å². The van der Waals surface area contributed by atoms with Crippen LogP contribution >= 0.6 is 0 Å². The van der Waals surface area contributed by atoms with Crippen molar-refractivity contribution in [3.05, 3.63) is 0 Å². The van der Waals surface area contributed by atoms with Crippen molar-refractivity contribution in [2.75, 3.05) is 17.3 Å². The molecule has 1 fully saturated rings. The molecule has 0 radical (unpaired) electrons. The van der Waals surface area contributed by atoms with E-state index in [4.69, 9.17) is 10.6 Å². The minimum atomic E-state index is 0.274. The first-order valence-corrected chi connectivity index (χ1v) is 5.67. The number of nitrogen functional groups attached to an aromatic ring is 1. The van der Waals surface area contributed by atoms with Gasteiger partial charge in [0.1, 0.15) is 0 Å². The smallest absolute Gasteiger partial charge is 0.323 e. The topological polar surface area (TPSA) is 98.0 Å². The lowest BCUT2D eigenvalue weighted by Gasteiger charge is -2.09. The lowest BCUT2D eigenvalue weighted by atomic mass is 10.2. The maximum absolute atomic E-state index is 5.30. The number of rotatable bonds is 5. The molecule has 1 aromatic rings. The van der Waals surface area contributed by atoms with Gasteiger partial charge in [-0.2, -0.15) is 15.0 Å². The Morgan fingerprint density at radius 1 is 1.35 bits per heavy atom. The maximum Gasteiger partial charge on any atom is 0.323 e. The predicted molar refractivity (Wildman–Crippen MR) is 64.6 cm³/mol. The summed E-state index contributed by atoms with van der Waals surface area (Å²) in [6.45, 7) is 6.76. The predicted octanol–water partition coefficient (Wildman–Crippen LogP) is 0.766. The zero-order valence-electron chi connectivity index (χ0n) is 10.3. The van der Waals surface area contributed by atoms with Crippen molar-refractivity contribution in [1.82, 2.24) is 15.0 Å². The number of anilines is 2. The number of nitrogens with two attached hydrogens (primary N) is 1. The Labute approximate surface area is 100 Å². The highest BCUT2D eigenvalue weighted by molar-refractivity contribution is 5.38. The SMILES string of the molecule is CCOc1nc(NN)nc(NC2CC2(C)C)n1. The van der Waals surface area contributed by atoms with Crippen molar-refractivity contribution in [1.29, 1.82) is 0 Å². The fourth-order valence-electron chi connectivity index (χ4n) is 1.55. The molecule has 94 valence electrons. The van der Waals surface area contributed by atoms with Gasteiger partial charge in [-0.25, -0.2) is 5.84 Å². The van der Waals surface area contributed by atoms with Crippen LogP contribution in [0.1, 0.15) is 27.2 Å². The van der Waals surface area contributed by atoms with E-state index in [1.54, 1.807) is 0 Å². The zero-order valence-corrected chi connectivity index (χ0v) is 10.3. The molecule has 4 N–H and O–H groups in total. The largest absolute Gasteiger partial charge is 0.464 e. The second kappa shape index (κ2) is 4.33. The van der Waals surface area contributed by atoms with Gasteiger partial charge in [0.2, 0.25) is 11.9 Å². The standard InChI is InChI=1S/C10H18N6O/c1-4-17-9-14-7(13-8(15-9)16-11)12-6-5-10(6,2)3/h6H,4-5,11H2,1-3H3,(H2,12,13,14,15,16). The van der Waals surface area contributed by atoms with Gasteiger partial charge in [0.05, 0.1) is 6.61 Å². The summed E-state index contributed by atoms with van der Waals surface area (Å²) in [6.07, 6.45) is 1.11. The van der Waals surface area contributed by atoms with E-state index in [1.807, 2.05) is 6.92 Å². The third-order valence-electron chi connectivity index (χ3n) is 2.83. The molecule has 1 aromatic heterocycles. The van der Waals surface area contributed by atoms with Crippen molar-refractivity contribution in [3.63, 3.8) is 0 Å². The molecule has 0 amide bonds. The molecule has 0 saturated heterocycles. The van der Waals surface area contributed by atoms with Gasteiger partial charge < -0.3 is 10.1 Å². The fraction of sp³-hybridized carbons (Fsp3) is 0.700. The minimum Gasteiger partial charge on any atom is -0.464 e. The van der Waals surface area contributed by atoms with Crippen LogP contribution in [0.15, 0.2) is 0 Å². The van der Waals surface area contributed by atoms with Gasteiger partial charge >= 0.3 is 6.01 Å². The van der Waals surface area contributed by atoms with Gasteiger partial charge in [-0.05, 0) is 18.8 Å². The van der Waals surface area contributed by atoms with Crippen LogP contribution in [-0.4, -0.2) is 27.6 Å². The van der Waals surface area contributed by atoms with E-state index in [2.05, 4.69) is 39.5 Å². The van der Waals surface area contributed by atoms with Crippen LogP contribution in [0.2, 0.25) is 0 Å². The van der Waals surface area contributed by atoms with Crippen molar-refractivity contribution in [3.8, 4) is 6.01 Å². The van der Waals surface area contributed by atoms with Gasteiger partial charge in [0, 0.05) is 6.04 Å². The van der Waals surface area contributed by atoms with E-state index >= 15 is 0 Å². The van der Waals surface area contributed by atoms with Gasteiger partial charge in [-0.15, -0.1) is 0 Å². The normalized spacial score (nSPS) is 20.8. The maximum atomic E-state index is 5.30. The summed E-state index contributed by atoms with van der Waals surface area (Å²) in [6, 6.07) is 0.668. The Kier molecular flexibility index (Phi) is 3.01. The molecule has 1 atom stereocenters. The molecule has 1 aliphatic rings. The molecular weight excluding hydrogens is 220 g/mol. The van der Waals surface area contributed by atoms with Crippen LogP contribution in [0.5, 0.6) is 6.01 Å². The minimum absolute atomic E-state index is 0.274. The molecule has 1 heterocycles. The molecule has 1 saturated carbocycles. The number of nitrogens with zero attached hydrogens (tertiary/aromatic N) is 3. The van der Waals surface area contributed by atoms with Gasteiger partial charge in [-0.3, -0.25) is 5.43 Å². The first-order valence-electron chi connectivity index (χ1n) is 5.67. The number of hydrogen-bond acceptors (Lipinski definition) is 7. The van der Waals surface area contributed by atoms with E-state index < -0.39 is 0 Å². The Morgan fingerprint density at radius 2 is 2.00 bits per heavy atom. The van der Waals surface area contributed by atoms with Crippen molar-refractivity contribution in [2.45, 2.75) is 33.2 Å². The Bertz CT molecular complexity index is 408. The number of aromatic nitrogens is 3. The highest BCUT2D eigenvalue weighted by atomic mass is 16.5. The van der Waals surface area contributed by atoms with Crippen molar-refractivity contribution in [2.24, 2.45) is 11.3 Å². The summed E-state index contributed by atoms with van der Waals surface area (Å²) < 4.78 is 5.25. The van der Waals surface area contributed by atoms with Crippen LogP contribution in [0, 0.1) is 5.41 Å². The van der Waals surface area contributed by atoms with E-state index in [9.17, 15) is 0 Å². The third-order valence-corrected chi connectivity index (χ3v) is 2.83. The molecular formula is C10H18N6O. The Morgan fingerprint density at radius 3 is 2.53 bits per heavy atom. The second-order valence-electron chi connectivity index (χ2n) is 4.73. The van der Waals surface area contributed by atoms with Crippen molar-refractivity contribution >= 4 is 11.9 Å². The molecule has 0 aliphatic heterocycles. The zero-order chi connectivity index (χ0) is 12.5. The highest BCUT2D eigenvalue weighted by Crippen LogP contribution is 2.46. The van der Waals surface area contributed by atoms with E-state index in [0.717, 1.165) is 6.42 Å². The summed E-state index contributed by atoms with van der Waals surface area (Å²) in [4.78, 5) is 12.3. The first-order chi connectivity index (χ1) is 8.05. The van der Waals surface area contributed by atoms with E-state index in [-0.39, 0.29) is 6.01 Å². The van der Waals surface area contributed by atoms with Crippen LogP contribution in [-0.2, 0) is 0 Å². The lowest BCUT2D eigenvalue weighted by Crippen LogP contribution is -2.16. The lowest BCUT2D eigenvalue weighted by molar-refractivity contribution is 0.312.